The predicted octanol–water partition coefficient (Wildman–Crippen LogP) is 1.69. The Bertz CT molecular complexity index is 255. The lowest BCUT2D eigenvalue weighted by atomic mass is 10.2. The molecule has 0 atom stereocenters. The molecule has 0 spiro atoms. The van der Waals surface area contributed by atoms with Crippen LogP contribution in [0.1, 0.15) is 45.3 Å². The van der Waals surface area contributed by atoms with E-state index < -0.39 is 0 Å². The van der Waals surface area contributed by atoms with Gasteiger partial charge in [-0.25, -0.2) is 0 Å². The standard InChI is InChI=1S/C9H17N3O/c1-6(2)9-11-8(13-12-9)5-10-7(3)4/h6-7,10H,5H2,1-4H3. The minimum absolute atomic E-state index is 0.330. The summed E-state index contributed by atoms with van der Waals surface area (Å²) in [6.45, 7) is 8.91. The van der Waals surface area contributed by atoms with Crippen molar-refractivity contribution in [2.45, 2.75) is 46.2 Å². The van der Waals surface area contributed by atoms with Gasteiger partial charge in [-0.05, 0) is 0 Å². The molecule has 0 aromatic carbocycles. The molecule has 0 aliphatic rings. The van der Waals surface area contributed by atoms with Crippen LogP contribution in [-0.4, -0.2) is 16.2 Å². The summed E-state index contributed by atoms with van der Waals surface area (Å²) in [5.41, 5.74) is 0. The number of hydrogen-bond acceptors (Lipinski definition) is 4. The van der Waals surface area contributed by atoms with Crippen LogP contribution in [0, 0.1) is 0 Å². The summed E-state index contributed by atoms with van der Waals surface area (Å²) in [4.78, 5) is 4.24. The van der Waals surface area contributed by atoms with E-state index in [0.717, 1.165) is 5.82 Å². The highest BCUT2D eigenvalue weighted by Gasteiger charge is 2.08. The van der Waals surface area contributed by atoms with Gasteiger partial charge in [0.2, 0.25) is 5.89 Å². The zero-order valence-corrected chi connectivity index (χ0v) is 8.66. The molecule has 0 aliphatic heterocycles. The lowest BCUT2D eigenvalue weighted by Gasteiger charge is -2.02. The van der Waals surface area contributed by atoms with Crippen molar-refractivity contribution < 1.29 is 4.52 Å². The number of nitrogens with one attached hydrogen (secondary N) is 1. The molecule has 0 aliphatic carbocycles. The van der Waals surface area contributed by atoms with Gasteiger partial charge in [-0.3, -0.25) is 0 Å². The van der Waals surface area contributed by atoms with E-state index in [1.54, 1.807) is 0 Å². The Labute approximate surface area is 78.7 Å². The molecule has 1 aromatic heterocycles. The number of nitrogens with zero attached hydrogens (tertiary/aromatic N) is 2. The second kappa shape index (κ2) is 4.37. The van der Waals surface area contributed by atoms with Crippen LogP contribution in [0.2, 0.25) is 0 Å². The maximum absolute atomic E-state index is 5.05. The lowest BCUT2D eigenvalue weighted by Crippen LogP contribution is -2.21. The zero-order chi connectivity index (χ0) is 9.84. The monoisotopic (exact) mass is 183 g/mol. The van der Waals surface area contributed by atoms with Crippen molar-refractivity contribution in [1.29, 1.82) is 0 Å². The van der Waals surface area contributed by atoms with Crippen LogP contribution in [0.4, 0.5) is 0 Å². The highest BCUT2D eigenvalue weighted by molar-refractivity contribution is 4.91. The average Bonchev–Trinajstić information content (AvgIpc) is 2.48. The molecule has 0 amide bonds. The van der Waals surface area contributed by atoms with Crippen LogP contribution in [0.5, 0.6) is 0 Å². The molecular weight excluding hydrogens is 166 g/mol. The Morgan fingerprint density at radius 3 is 2.46 bits per heavy atom. The summed E-state index contributed by atoms with van der Waals surface area (Å²) < 4.78 is 5.05. The van der Waals surface area contributed by atoms with Gasteiger partial charge in [-0.15, -0.1) is 0 Å². The molecular formula is C9H17N3O. The molecule has 0 saturated carbocycles. The minimum atomic E-state index is 0.330. The van der Waals surface area contributed by atoms with E-state index in [4.69, 9.17) is 4.52 Å². The van der Waals surface area contributed by atoms with Crippen molar-refractivity contribution >= 4 is 0 Å². The van der Waals surface area contributed by atoms with Gasteiger partial charge in [0.05, 0.1) is 6.54 Å². The quantitative estimate of drug-likeness (QED) is 0.771. The average molecular weight is 183 g/mol. The molecule has 0 unspecified atom stereocenters. The number of hydrogen-bond donors (Lipinski definition) is 1. The van der Waals surface area contributed by atoms with Crippen molar-refractivity contribution in [3.05, 3.63) is 11.7 Å². The second-order valence-electron chi connectivity index (χ2n) is 3.74. The summed E-state index contributed by atoms with van der Waals surface area (Å²) >= 11 is 0. The Balaban J connectivity index is 2.49. The summed E-state index contributed by atoms with van der Waals surface area (Å²) in [6, 6.07) is 0.439. The van der Waals surface area contributed by atoms with Gasteiger partial charge in [-0.2, -0.15) is 4.98 Å². The second-order valence-corrected chi connectivity index (χ2v) is 3.74. The molecule has 13 heavy (non-hydrogen) atoms. The van der Waals surface area contributed by atoms with Gasteiger partial charge in [0.1, 0.15) is 0 Å². The minimum Gasteiger partial charge on any atom is -0.338 e. The van der Waals surface area contributed by atoms with Gasteiger partial charge in [0.15, 0.2) is 5.82 Å². The van der Waals surface area contributed by atoms with Crippen LogP contribution in [-0.2, 0) is 6.54 Å². The first kappa shape index (κ1) is 10.2. The van der Waals surface area contributed by atoms with Crippen molar-refractivity contribution in [2.24, 2.45) is 0 Å². The Hall–Kier alpha value is -0.900. The van der Waals surface area contributed by atoms with Crippen LogP contribution >= 0.6 is 0 Å². The normalized spacial score (nSPS) is 11.5. The van der Waals surface area contributed by atoms with Crippen LogP contribution < -0.4 is 5.32 Å². The van der Waals surface area contributed by atoms with Crippen molar-refractivity contribution in [1.82, 2.24) is 15.5 Å². The maximum atomic E-state index is 5.05. The summed E-state index contributed by atoms with van der Waals surface area (Å²) in [7, 11) is 0. The highest BCUT2D eigenvalue weighted by Crippen LogP contribution is 2.09. The molecule has 4 nitrogen and oxygen atoms in total. The van der Waals surface area contributed by atoms with E-state index in [-0.39, 0.29) is 0 Å². The largest absolute Gasteiger partial charge is 0.338 e. The first-order chi connectivity index (χ1) is 6.09. The van der Waals surface area contributed by atoms with Gasteiger partial charge in [0, 0.05) is 12.0 Å². The summed E-state index contributed by atoms with van der Waals surface area (Å²) in [5.74, 6) is 1.77. The fourth-order valence-corrected chi connectivity index (χ4v) is 0.866. The molecule has 1 rings (SSSR count). The van der Waals surface area contributed by atoms with Gasteiger partial charge in [0.25, 0.3) is 0 Å². The van der Waals surface area contributed by atoms with E-state index in [2.05, 4.69) is 29.3 Å². The van der Waals surface area contributed by atoms with E-state index in [0.29, 0.717) is 24.4 Å². The predicted molar refractivity (Wildman–Crippen MR) is 50.4 cm³/mol. The van der Waals surface area contributed by atoms with E-state index in [1.807, 2.05) is 13.8 Å². The number of aromatic nitrogens is 2. The molecule has 1 N–H and O–H groups in total. The smallest absolute Gasteiger partial charge is 0.240 e. The number of rotatable bonds is 4. The van der Waals surface area contributed by atoms with Gasteiger partial charge >= 0.3 is 0 Å². The van der Waals surface area contributed by atoms with Crippen LogP contribution in [0.3, 0.4) is 0 Å². The van der Waals surface area contributed by atoms with Gasteiger partial charge in [-0.1, -0.05) is 32.9 Å². The maximum Gasteiger partial charge on any atom is 0.240 e. The molecule has 1 aromatic rings. The van der Waals surface area contributed by atoms with E-state index in [1.165, 1.54) is 0 Å². The summed E-state index contributed by atoms with van der Waals surface area (Å²) in [5, 5.41) is 7.09. The zero-order valence-electron chi connectivity index (χ0n) is 8.66. The topological polar surface area (TPSA) is 51.0 Å². The molecule has 74 valence electrons. The van der Waals surface area contributed by atoms with Crippen molar-refractivity contribution in [3.8, 4) is 0 Å². The highest BCUT2D eigenvalue weighted by atomic mass is 16.5. The third-order valence-corrected chi connectivity index (χ3v) is 1.66. The van der Waals surface area contributed by atoms with E-state index in [9.17, 15) is 0 Å². The third kappa shape index (κ3) is 3.14. The van der Waals surface area contributed by atoms with Crippen LogP contribution in [0.15, 0.2) is 4.52 Å². The van der Waals surface area contributed by atoms with Crippen LogP contribution in [0.25, 0.3) is 0 Å². The molecule has 0 radical (unpaired) electrons. The first-order valence-corrected chi connectivity index (χ1v) is 4.65. The fourth-order valence-electron chi connectivity index (χ4n) is 0.866. The Kier molecular flexibility index (Phi) is 3.42. The Morgan fingerprint density at radius 2 is 2.00 bits per heavy atom. The van der Waals surface area contributed by atoms with Gasteiger partial charge < -0.3 is 9.84 Å². The molecule has 0 fully saturated rings. The first-order valence-electron chi connectivity index (χ1n) is 4.65. The summed E-state index contributed by atoms with van der Waals surface area (Å²) in [6.07, 6.45) is 0. The van der Waals surface area contributed by atoms with Crippen molar-refractivity contribution in [2.75, 3.05) is 0 Å². The molecule has 1 heterocycles. The Morgan fingerprint density at radius 1 is 1.31 bits per heavy atom. The third-order valence-electron chi connectivity index (χ3n) is 1.66. The lowest BCUT2D eigenvalue weighted by molar-refractivity contribution is 0.356. The fraction of sp³-hybridized carbons (Fsp3) is 0.778. The van der Waals surface area contributed by atoms with E-state index >= 15 is 0 Å². The van der Waals surface area contributed by atoms with Crippen molar-refractivity contribution in [3.63, 3.8) is 0 Å². The molecule has 4 heteroatoms. The molecule has 0 saturated heterocycles. The molecule has 0 bridgehead atoms. The SMILES string of the molecule is CC(C)NCc1nc(C(C)C)no1.